The summed E-state index contributed by atoms with van der Waals surface area (Å²) in [4.78, 5) is 16.5. The maximum absolute atomic E-state index is 13.4. The fraction of sp³-hybridized carbons (Fsp3) is 0.650. The van der Waals surface area contributed by atoms with Gasteiger partial charge in [-0.25, -0.2) is 4.39 Å². The van der Waals surface area contributed by atoms with Gasteiger partial charge in [0.25, 0.3) is 5.91 Å². The summed E-state index contributed by atoms with van der Waals surface area (Å²) in [5, 5.41) is 10.2. The van der Waals surface area contributed by atoms with Crippen LogP contribution < -0.4 is 0 Å². The van der Waals surface area contributed by atoms with E-state index in [0.29, 0.717) is 45.0 Å². The molecule has 27 heavy (non-hydrogen) atoms. The first-order valence-corrected chi connectivity index (χ1v) is 9.76. The van der Waals surface area contributed by atoms with Crippen molar-refractivity contribution < 1.29 is 23.8 Å². The summed E-state index contributed by atoms with van der Waals surface area (Å²) >= 11 is 0. The highest BCUT2D eigenvalue weighted by Gasteiger charge is 2.22. The van der Waals surface area contributed by atoms with Crippen molar-refractivity contribution in [2.24, 2.45) is 0 Å². The lowest BCUT2D eigenvalue weighted by atomic mass is 10.2. The molecule has 0 bridgehead atoms. The van der Waals surface area contributed by atoms with Crippen LogP contribution in [0.25, 0.3) is 0 Å². The fourth-order valence-electron chi connectivity index (χ4n) is 3.62. The van der Waals surface area contributed by atoms with E-state index in [1.807, 2.05) is 0 Å². The minimum Gasteiger partial charge on any atom is -0.389 e. The summed E-state index contributed by atoms with van der Waals surface area (Å²) in [5.41, 5.74) is 0.381. The lowest BCUT2D eigenvalue weighted by molar-refractivity contribution is -0.0248. The molecular weight excluding hydrogens is 351 g/mol. The third kappa shape index (κ3) is 6.24. The highest BCUT2D eigenvalue weighted by atomic mass is 19.1. The molecule has 1 amide bonds. The molecule has 3 rings (SSSR count). The molecule has 0 radical (unpaired) electrons. The minimum absolute atomic E-state index is 0.142. The number of β-amino-alcohol motifs (C(OH)–C–C–N with tert-alkyl or cyclic N) is 1. The molecule has 2 aliphatic rings. The zero-order valence-corrected chi connectivity index (χ0v) is 15.7. The van der Waals surface area contributed by atoms with Gasteiger partial charge in [0, 0.05) is 38.3 Å². The third-order valence-electron chi connectivity index (χ3n) is 5.05. The van der Waals surface area contributed by atoms with E-state index in [1.54, 1.807) is 17.0 Å². The second-order valence-corrected chi connectivity index (χ2v) is 7.28. The number of carbonyl (C=O) groups excluding carboxylic acids is 1. The number of nitrogens with zero attached hydrogens (tertiary/aromatic N) is 2. The van der Waals surface area contributed by atoms with Gasteiger partial charge >= 0.3 is 0 Å². The molecule has 2 saturated heterocycles. The van der Waals surface area contributed by atoms with Crippen molar-refractivity contribution >= 4 is 5.91 Å². The molecule has 0 aromatic heterocycles. The van der Waals surface area contributed by atoms with Crippen molar-refractivity contribution in [1.29, 1.82) is 0 Å². The Balaban J connectivity index is 1.40. The van der Waals surface area contributed by atoms with Gasteiger partial charge in [-0.15, -0.1) is 0 Å². The number of ether oxygens (including phenoxy) is 2. The molecule has 2 aliphatic heterocycles. The van der Waals surface area contributed by atoms with Gasteiger partial charge in [0.05, 0.1) is 25.4 Å². The number of aliphatic hydroxyl groups excluding tert-OH is 1. The van der Waals surface area contributed by atoms with Gasteiger partial charge in [-0.3, -0.25) is 9.69 Å². The van der Waals surface area contributed by atoms with E-state index in [2.05, 4.69) is 4.90 Å². The van der Waals surface area contributed by atoms with Crippen LogP contribution >= 0.6 is 0 Å². The van der Waals surface area contributed by atoms with Crippen molar-refractivity contribution in [1.82, 2.24) is 9.80 Å². The van der Waals surface area contributed by atoms with Gasteiger partial charge in [0.15, 0.2) is 0 Å². The Bertz CT molecular complexity index is 609. The van der Waals surface area contributed by atoms with E-state index >= 15 is 0 Å². The van der Waals surface area contributed by atoms with Crippen molar-refractivity contribution in [3.05, 3.63) is 35.6 Å². The first-order chi connectivity index (χ1) is 13.1. The van der Waals surface area contributed by atoms with Crippen LogP contribution in [0.4, 0.5) is 4.39 Å². The second-order valence-electron chi connectivity index (χ2n) is 7.28. The first kappa shape index (κ1) is 20.2. The van der Waals surface area contributed by atoms with Gasteiger partial charge in [-0.05, 0) is 44.0 Å². The van der Waals surface area contributed by atoms with Crippen LogP contribution in [0, 0.1) is 5.82 Å². The maximum Gasteiger partial charge on any atom is 0.254 e. The number of halogens is 1. The van der Waals surface area contributed by atoms with E-state index < -0.39 is 11.9 Å². The molecule has 1 N–H and O–H groups in total. The molecule has 2 fully saturated rings. The van der Waals surface area contributed by atoms with Crippen LogP contribution in [0.5, 0.6) is 0 Å². The summed E-state index contributed by atoms with van der Waals surface area (Å²) in [6, 6.07) is 5.81. The molecular formula is C20H29FN2O4. The van der Waals surface area contributed by atoms with E-state index in [4.69, 9.17) is 9.47 Å². The van der Waals surface area contributed by atoms with Crippen molar-refractivity contribution in [2.75, 3.05) is 52.5 Å². The number of carbonyl (C=O) groups is 1. The van der Waals surface area contributed by atoms with Crippen LogP contribution in [-0.2, 0) is 9.47 Å². The normalized spacial score (nSPS) is 22.6. The summed E-state index contributed by atoms with van der Waals surface area (Å²) in [6.45, 7) is 4.86. The standard InChI is InChI=1S/C20H29FN2O4/c21-17-5-1-4-16(12-17)20(25)23-8-3-7-22(9-10-23)13-18(24)14-26-15-19-6-2-11-27-19/h1,4-5,12,18-19,24H,2-3,6-11,13-15H2. The van der Waals surface area contributed by atoms with Gasteiger partial charge in [-0.2, -0.15) is 0 Å². The average Bonchev–Trinajstić information content (AvgIpc) is 3.06. The van der Waals surface area contributed by atoms with Crippen LogP contribution in [0.1, 0.15) is 29.6 Å². The lowest BCUT2D eigenvalue weighted by Gasteiger charge is -2.24. The second kappa shape index (κ2) is 10.1. The van der Waals surface area contributed by atoms with Crippen LogP contribution in [-0.4, -0.2) is 85.6 Å². The summed E-state index contributed by atoms with van der Waals surface area (Å²) in [5.74, 6) is -0.541. The van der Waals surface area contributed by atoms with Crippen LogP contribution in [0.3, 0.4) is 0 Å². The number of aliphatic hydroxyl groups is 1. The average molecular weight is 380 g/mol. The molecule has 2 atom stereocenters. The highest BCUT2D eigenvalue weighted by molar-refractivity contribution is 5.94. The van der Waals surface area contributed by atoms with Crippen LogP contribution in [0.2, 0.25) is 0 Å². The number of hydrogen-bond donors (Lipinski definition) is 1. The molecule has 7 heteroatoms. The number of amides is 1. The number of hydrogen-bond acceptors (Lipinski definition) is 5. The van der Waals surface area contributed by atoms with Crippen molar-refractivity contribution in [3.63, 3.8) is 0 Å². The Labute approximate surface area is 159 Å². The van der Waals surface area contributed by atoms with Gasteiger partial charge in [0.1, 0.15) is 5.82 Å². The van der Waals surface area contributed by atoms with E-state index in [-0.39, 0.29) is 12.0 Å². The molecule has 1 aromatic rings. The summed E-state index contributed by atoms with van der Waals surface area (Å²) in [6.07, 6.45) is 2.53. The van der Waals surface area contributed by atoms with Gasteiger partial charge in [0.2, 0.25) is 0 Å². The highest BCUT2D eigenvalue weighted by Crippen LogP contribution is 2.13. The first-order valence-electron chi connectivity index (χ1n) is 9.76. The summed E-state index contributed by atoms with van der Waals surface area (Å²) in [7, 11) is 0. The van der Waals surface area contributed by atoms with Crippen molar-refractivity contribution in [3.8, 4) is 0 Å². The SMILES string of the molecule is O=C(c1cccc(F)c1)N1CCCN(CC(O)COCC2CCCO2)CC1. The van der Waals surface area contributed by atoms with Gasteiger partial charge in [-0.1, -0.05) is 6.07 Å². The predicted molar refractivity (Wildman–Crippen MR) is 99.2 cm³/mol. The Hall–Kier alpha value is -1.54. The largest absolute Gasteiger partial charge is 0.389 e. The molecule has 0 spiro atoms. The fourth-order valence-corrected chi connectivity index (χ4v) is 3.62. The quantitative estimate of drug-likeness (QED) is 0.777. The molecule has 0 saturated carbocycles. The Morgan fingerprint density at radius 1 is 1.30 bits per heavy atom. The summed E-state index contributed by atoms with van der Waals surface area (Å²) < 4.78 is 24.4. The zero-order chi connectivity index (χ0) is 19.1. The van der Waals surface area contributed by atoms with E-state index in [1.165, 1.54) is 12.1 Å². The van der Waals surface area contributed by atoms with E-state index in [0.717, 1.165) is 32.4 Å². The molecule has 2 unspecified atom stereocenters. The monoisotopic (exact) mass is 380 g/mol. The molecule has 1 aromatic carbocycles. The Morgan fingerprint density at radius 2 is 2.19 bits per heavy atom. The lowest BCUT2D eigenvalue weighted by Crippen LogP contribution is -2.39. The minimum atomic E-state index is -0.558. The molecule has 6 nitrogen and oxygen atoms in total. The predicted octanol–water partition coefficient (Wildman–Crippen LogP) is 1.53. The molecule has 150 valence electrons. The van der Waals surface area contributed by atoms with Gasteiger partial charge < -0.3 is 19.5 Å². The Kier molecular flexibility index (Phi) is 7.58. The van der Waals surface area contributed by atoms with Crippen LogP contribution in [0.15, 0.2) is 24.3 Å². The zero-order valence-electron chi connectivity index (χ0n) is 15.7. The van der Waals surface area contributed by atoms with Crippen molar-refractivity contribution in [2.45, 2.75) is 31.5 Å². The Morgan fingerprint density at radius 3 is 2.96 bits per heavy atom. The molecule has 2 heterocycles. The van der Waals surface area contributed by atoms with E-state index in [9.17, 15) is 14.3 Å². The third-order valence-corrected chi connectivity index (χ3v) is 5.05. The smallest absolute Gasteiger partial charge is 0.254 e. The molecule has 0 aliphatic carbocycles. The maximum atomic E-state index is 13.4. The number of benzene rings is 1. The number of rotatable bonds is 7. The topological polar surface area (TPSA) is 62.2 Å².